The Labute approximate surface area is 174 Å². The smallest absolute Gasteiger partial charge is 0.277 e. The van der Waals surface area contributed by atoms with E-state index in [0.717, 1.165) is 10.8 Å². The van der Waals surface area contributed by atoms with Gasteiger partial charge in [0.2, 0.25) is 5.91 Å². The van der Waals surface area contributed by atoms with Crippen LogP contribution in [0.3, 0.4) is 0 Å². The molecule has 2 N–H and O–H groups in total. The first-order valence-electron chi connectivity index (χ1n) is 9.41. The number of amides is 2. The van der Waals surface area contributed by atoms with Gasteiger partial charge in [0.1, 0.15) is 11.5 Å². The maximum atomic E-state index is 12.1. The molecule has 7 heteroatoms. The van der Waals surface area contributed by atoms with E-state index in [1.54, 1.807) is 38.3 Å². The SMILES string of the molecule is COc1cccc(NC(=O)C/C(C)=N/NC(=O)COc2cccc3ccccc23)c1. The molecule has 3 rings (SSSR count). The molecule has 0 radical (unpaired) electrons. The first kappa shape index (κ1) is 20.9. The van der Waals surface area contributed by atoms with Crippen LogP contribution in [0.2, 0.25) is 0 Å². The van der Waals surface area contributed by atoms with E-state index in [4.69, 9.17) is 9.47 Å². The van der Waals surface area contributed by atoms with Gasteiger partial charge < -0.3 is 14.8 Å². The highest BCUT2D eigenvalue weighted by Gasteiger charge is 2.08. The highest BCUT2D eigenvalue weighted by Crippen LogP contribution is 2.24. The molecule has 154 valence electrons. The van der Waals surface area contributed by atoms with Gasteiger partial charge in [0.25, 0.3) is 5.91 Å². The summed E-state index contributed by atoms with van der Waals surface area (Å²) in [5.74, 6) is 0.625. The van der Waals surface area contributed by atoms with E-state index < -0.39 is 5.91 Å². The van der Waals surface area contributed by atoms with Crippen molar-refractivity contribution in [3.05, 3.63) is 66.7 Å². The molecule has 7 nitrogen and oxygen atoms in total. The summed E-state index contributed by atoms with van der Waals surface area (Å²) in [6.07, 6.45) is 0.0433. The fraction of sp³-hybridized carbons (Fsp3) is 0.174. The topological polar surface area (TPSA) is 89.0 Å². The highest BCUT2D eigenvalue weighted by atomic mass is 16.5. The molecule has 0 heterocycles. The van der Waals surface area contributed by atoms with Crippen molar-refractivity contribution in [3.63, 3.8) is 0 Å². The van der Waals surface area contributed by atoms with Crippen LogP contribution >= 0.6 is 0 Å². The van der Waals surface area contributed by atoms with Gasteiger partial charge in [-0.05, 0) is 30.5 Å². The van der Waals surface area contributed by atoms with Crippen LogP contribution in [0, 0.1) is 0 Å². The number of carbonyl (C=O) groups is 2. The standard InChI is InChI=1S/C23H23N3O4/c1-16(13-22(27)24-18-9-6-10-19(14-18)29-2)25-26-23(28)15-30-21-12-5-8-17-7-3-4-11-20(17)21/h3-12,14H,13,15H2,1-2H3,(H,24,27)(H,26,28)/b25-16+. The third kappa shape index (κ3) is 5.81. The predicted molar refractivity (Wildman–Crippen MR) is 117 cm³/mol. The van der Waals surface area contributed by atoms with Crippen LogP contribution in [0.1, 0.15) is 13.3 Å². The Bertz CT molecular complexity index is 1070. The van der Waals surface area contributed by atoms with Gasteiger partial charge in [0, 0.05) is 22.9 Å². The summed E-state index contributed by atoms with van der Waals surface area (Å²) >= 11 is 0. The lowest BCUT2D eigenvalue weighted by molar-refractivity contribution is -0.123. The Kier molecular flexibility index (Phi) is 7.00. The minimum atomic E-state index is -0.407. The number of hydrogen-bond donors (Lipinski definition) is 2. The fourth-order valence-electron chi connectivity index (χ4n) is 2.83. The number of rotatable bonds is 8. The van der Waals surface area contributed by atoms with E-state index in [0.29, 0.717) is 22.9 Å². The normalized spacial score (nSPS) is 11.1. The molecule has 0 fully saturated rings. The maximum absolute atomic E-state index is 12.1. The molecule has 0 aliphatic heterocycles. The monoisotopic (exact) mass is 405 g/mol. The number of carbonyl (C=O) groups excluding carboxylic acids is 2. The quantitative estimate of drug-likeness (QED) is 0.441. The summed E-state index contributed by atoms with van der Waals surface area (Å²) in [5, 5.41) is 8.69. The van der Waals surface area contributed by atoms with Crippen molar-refractivity contribution in [2.45, 2.75) is 13.3 Å². The summed E-state index contributed by atoms with van der Waals surface area (Å²) < 4.78 is 10.7. The third-order valence-electron chi connectivity index (χ3n) is 4.25. The van der Waals surface area contributed by atoms with Gasteiger partial charge in [0.15, 0.2) is 6.61 Å². The highest BCUT2D eigenvalue weighted by molar-refractivity contribution is 6.05. The number of hydrogen-bond acceptors (Lipinski definition) is 5. The van der Waals surface area contributed by atoms with Crippen LogP contribution < -0.4 is 20.2 Å². The van der Waals surface area contributed by atoms with E-state index >= 15 is 0 Å². The molecule has 3 aromatic rings. The average Bonchev–Trinajstić information content (AvgIpc) is 2.76. The third-order valence-corrected chi connectivity index (χ3v) is 4.25. The number of hydrazone groups is 1. The van der Waals surface area contributed by atoms with E-state index in [2.05, 4.69) is 15.8 Å². The Balaban J connectivity index is 1.48. The number of methoxy groups -OCH3 is 1. The van der Waals surface area contributed by atoms with Gasteiger partial charge >= 0.3 is 0 Å². The first-order valence-corrected chi connectivity index (χ1v) is 9.41. The van der Waals surface area contributed by atoms with Gasteiger partial charge in [-0.2, -0.15) is 5.10 Å². The van der Waals surface area contributed by atoms with Crippen LogP contribution in [0.4, 0.5) is 5.69 Å². The number of nitrogens with zero attached hydrogens (tertiary/aromatic N) is 1. The van der Waals surface area contributed by atoms with E-state index in [1.165, 1.54) is 0 Å². The Morgan fingerprint density at radius 2 is 1.73 bits per heavy atom. The molecule has 0 unspecified atom stereocenters. The number of benzene rings is 3. The Morgan fingerprint density at radius 3 is 2.57 bits per heavy atom. The lowest BCUT2D eigenvalue weighted by atomic mass is 10.1. The largest absolute Gasteiger partial charge is 0.497 e. The van der Waals surface area contributed by atoms with Crippen molar-refractivity contribution in [2.75, 3.05) is 19.0 Å². The zero-order valence-corrected chi connectivity index (χ0v) is 16.8. The van der Waals surface area contributed by atoms with Crippen molar-refractivity contribution in [1.29, 1.82) is 0 Å². The number of fused-ring (bicyclic) bond motifs is 1. The second-order valence-corrected chi connectivity index (χ2v) is 6.60. The van der Waals surface area contributed by atoms with Crippen molar-refractivity contribution in [2.24, 2.45) is 5.10 Å². The zero-order valence-electron chi connectivity index (χ0n) is 16.8. The van der Waals surface area contributed by atoms with Crippen molar-refractivity contribution < 1.29 is 19.1 Å². The molecule has 3 aromatic carbocycles. The molecule has 2 amide bonds. The van der Waals surface area contributed by atoms with Crippen molar-refractivity contribution >= 4 is 34.0 Å². The molecule has 30 heavy (non-hydrogen) atoms. The first-order chi connectivity index (χ1) is 14.5. The lowest BCUT2D eigenvalue weighted by Gasteiger charge is -2.09. The van der Waals surface area contributed by atoms with E-state index in [9.17, 15) is 9.59 Å². The van der Waals surface area contributed by atoms with Gasteiger partial charge in [0.05, 0.1) is 13.5 Å². The summed E-state index contributed by atoms with van der Waals surface area (Å²) in [6.45, 7) is 1.48. The van der Waals surface area contributed by atoms with Crippen LogP contribution in [0.15, 0.2) is 71.8 Å². The number of nitrogens with one attached hydrogen (secondary N) is 2. The summed E-state index contributed by atoms with van der Waals surface area (Å²) in [4.78, 5) is 24.2. The molecule has 0 aliphatic carbocycles. The molecule has 0 spiro atoms. The van der Waals surface area contributed by atoms with Crippen LogP contribution in [-0.4, -0.2) is 31.2 Å². The fourth-order valence-corrected chi connectivity index (χ4v) is 2.83. The second-order valence-electron chi connectivity index (χ2n) is 6.60. The van der Waals surface area contributed by atoms with E-state index in [1.807, 2.05) is 42.5 Å². The minimum Gasteiger partial charge on any atom is -0.497 e. The molecule has 0 aliphatic rings. The van der Waals surface area contributed by atoms with Crippen LogP contribution in [0.25, 0.3) is 10.8 Å². The van der Waals surface area contributed by atoms with Gasteiger partial charge in [-0.25, -0.2) is 5.43 Å². The Morgan fingerprint density at radius 1 is 0.967 bits per heavy atom. The predicted octanol–water partition coefficient (Wildman–Crippen LogP) is 3.75. The summed E-state index contributed by atoms with van der Waals surface area (Å²) in [6, 6.07) is 20.5. The van der Waals surface area contributed by atoms with Gasteiger partial charge in [-0.15, -0.1) is 0 Å². The Hall–Kier alpha value is -3.87. The number of ether oxygens (including phenoxy) is 2. The lowest BCUT2D eigenvalue weighted by Crippen LogP contribution is -2.26. The van der Waals surface area contributed by atoms with Gasteiger partial charge in [-0.3, -0.25) is 9.59 Å². The summed E-state index contributed by atoms with van der Waals surface area (Å²) in [5.41, 5.74) is 3.50. The summed E-state index contributed by atoms with van der Waals surface area (Å²) in [7, 11) is 1.56. The number of anilines is 1. The minimum absolute atomic E-state index is 0.0433. The molecule has 0 saturated heterocycles. The van der Waals surface area contributed by atoms with Crippen molar-refractivity contribution in [3.8, 4) is 11.5 Å². The van der Waals surface area contributed by atoms with E-state index in [-0.39, 0.29) is 18.9 Å². The molecule has 0 atom stereocenters. The second kappa shape index (κ2) is 10.1. The molecule has 0 aromatic heterocycles. The van der Waals surface area contributed by atoms with Crippen LogP contribution in [-0.2, 0) is 9.59 Å². The van der Waals surface area contributed by atoms with Crippen molar-refractivity contribution in [1.82, 2.24) is 5.43 Å². The zero-order chi connectivity index (χ0) is 21.3. The average molecular weight is 405 g/mol. The molecular weight excluding hydrogens is 382 g/mol. The maximum Gasteiger partial charge on any atom is 0.277 e. The van der Waals surface area contributed by atoms with Gasteiger partial charge in [-0.1, -0.05) is 42.5 Å². The molecular formula is C23H23N3O4. The molecule has 0 bridgehead atoms. The molecule has 0 saturated carbocycles. The van der Waals surface area contributed by atoms with Crippen LogP contribution in [0.5, 0.6) is 11.5 Å².